The highest BCUT2D eigenvalue weighted by Crippen LogP contribution is 2.42. The molecule has 53 heavy (non-hydrogen) atoms. The highest BCUT2D eigenvalue weighted by Gasteiger charge is 2.49. The van der Waals surface area contributed by atoms with E-state index in [1.165, 1.54) is 31.5 Å². The van der Waals surface area contributed by atoms with Crippen molar-refractivity contribution in [3.8, 4) is 35.4 Å². The van der Waals surface area contributed by atoms with Crippen LogP contribution in [0.3, 0.4) is 0 Å². The van der Waals surface area contributed by atoms with E-state index >= 15 is 8.78 Å². The van der Waals surface area contributed by atoms with Crippen LogP contribution in [-0.4, -0.2) is 96.0 Å². The van der Waals surface area contributed by atoms with Gasteiger partial charge in [0.05, 0.1) is 16.5 Å². The van der Waals surface area contributed by atoms with Crippen molar-refractivity contribution < 1.29 is 36.9 Å². The molecule has 1 amide bonds. The number of pyridine rings is 1. The first-order valence-corrected chi connectivity index (χ1v) is 17.9. The van der Waals surface area contributed by atoms with Crippen LogP contribution in [0.4, 0.5) is 23.8 Å². The third-order valence-corrected chi connectivity index (χ3v) is 10.1. The minimum absolute atomic E-state index is 0.0514. The number of ether oxygens (including phenoxy) is 4. The van der Waals surface area contributed by atoms with Crippen LogP contribution in [0.5, 0.6) is 11.8 Å². The number of nitrogens with one attached hydrogen (secondary N) is 1. The molecule has 3 atom stereocenters. The second-order valence-corrected chi connectivity index (χ2v) is 15.0. The Labute approximate surface area is 306 Å². The maximum absolute atomic E-state index is 17.2. The van der Waals surface area contributed by atoms with Gasteiger partial charge in [-0.05, 0) is 76.6 Å². The molecule has 3 fully saturated rings. The van der Waals surface area contributed by atoms with Crippen LogP contribution in [0.25, 0.3) is 32.9 Å². The van der Waals surface area contributed by atoms with E-state index in [4.69, 9.17) is 30.4 Å². The highest BCUT2D eigenvalue weighted by atomic mass is 19.1. The molecule has 4 aromatic rings. The van der Waals surface area contributed by atoms with Crippen molar-refractivity contribution in [1.82, 2.24) is 25.2 Å². The van der Waals surface area contributed by atoms with E-state index in [-0.39, 0.29) is 53.2 Å². The summed E-state index contributed by atoms with van der Waals surface area (Å²) in [6.45, 7) is 7.46. The number of alkyl carbamates (subject to hydrolysis) is 1. The van der Waals surface area contributed by atoms with Crippen LogP contribution in [0, 0.1) is 24.0 Å². The zero-order valence-electron chi connectivity index (χ0n) is 30.3. The number of halogens is 3. The number of aromatic nitrogens is 3. The number of benzene rings is 2. The van der Waals surface area contributed by atoms with E-state index in [9.17, 15) is 9.18 Å². The second kappa shape index (κ2) is 14.5. The lowest BCUT2D eigenvalue weighted by atomic mass is 9.95. The number of rotatable bonds is 9. The summed E-state index contributed by atoms with van der Waals surface area (Å²) in [7, 11) is 1.47. The molecule has 3 aliphatic heterocycles. The van der Waals surface area contributed by atoms with Gasteiger partial charge >= 0.3 is 12.1 Å². The number of piperidine rings is 1. The van der Waals surface area contributed by atoms with Gasteiger partial charge in [-0.2, -0.15) is 9.97 Å². The smallest absolute Gasteiger partial charge is 0.407 e. The number of amides is 1. The van der Waals surface area contributed by atoms with Gasteiger partial charge in [-0.1, -0.05) is 12.0 Å². The van der Waals surface area contributed by atoms with Crippen LogP contribution < -0.4 is 19.7 Å². The summed E-state index contributed by atoms with van der Waals surface area (Å²) < 4.78 is 69.4. The Morgan fingerprint density at radius 2 is 1.96 bits per heavy atom. The van der Waals surface area contributed by atoms with Crippen molar-refractivity contribution >= 4 is 33.6 Å². The van der Waals surface area contributed by atoms with Gasteiger partial charge in [0.15, 0.2) is 12.6 Å². The van der Waals surface area contributed by atoms with Gasteiger partial charge in [0.2, 0.25) is 0 Å². The van der Waals surface area contributed by atoms with Crippen LogP contribution in [0.2, 0.25) is 0 Å². The number of hydrogen-bond donors (Lipinski definition) is 1. The molecule has 3 aliphatic rings. The Kier molecular flexibility index (Phi) is 9.99. The topological polar surface area (TPSA) is 111 Å². The summed E-state index contributed by atoms with van der Waals surface area (Å²) in [6.07, 6.45) is 9.18. The van der Waals surface area contributed by atoms with E-state index in [2.05, 4.69) is 26.1 Å². The monoisotopic (exact) mass is 732 g/mol. The van der Waals surface area contributed by atoms with Gasteiger partial charge in [-0.3, -0.25) is 9.88 Å². The molecule has 0 radical (unpaired) electrons. The zero-order chi connectivity index (χ0) is 37.5. The molecule has 1 N–H and O–H groups in total. The third-order valence-electron chi connectivity index (χ3n) is 10.1. The van der Waals surface area contributed by atoms with Crippen LogP contribution >= 0.6 is 0 Å². The predicted molar refractivity (Wildman–Crippen MR) is 194 cm³/mol. The van der Waals surface area contributed by atoms with Gasteiger partial charge in [-0.15, -0.1) is 6.42 Å². The molecule has 0 bridgehead atoms. The van der Waals surface area contributed by atoms with Crippen molar-refractivity contribution in [3.63, 3.8) is 0 Å². The number of fused-ring (bicyclic) bond motifs is 3. The highest BCUT2D eigenvalue weighted by molar-refractivity contribution is 6.03. The van der Waals surface area contributed by atoms with Crippen LogP contribution in [0.1, 0.15) is 58.4 Å². The normalized spacial score (nSPS) is 21.8. The number of hydrogen-bond acceptors (Lipinski definition) is 10. The molecule has 280 valence electrons. The summed E-state index contributed by atoms with van der Waals surface area (Å²) >= 11 is 0. The summed E-state index contributed by atoms with van der Waals surface area (Å²) in [6, 6.07) is 5.63. The standard InChI is InChI=1S/C39H43F3N6O5/c1-6-27-30(41)11-10-23-15-26(52-22-50-5)16-28(31(23)27)33-32(42)34-29(18-43-33)35(47-13-7-9-25(20-47)44-37(49)53-38(2,3)4)46-36(45-34)51-21-39-12-8-14-48(39)19-24(40)17-39/h1,10-11,15-16,18,24-25H,7-9,12-14,17,19-22H2,2-5H3,(H,44,49)/t24-,25+,39+/m1/s1. The first-order chi connectivity index (χ1) is 25.4. The minimum Gasteiger partial charge on any atom is -0.468 e. The molecule has 11 nitrogen and oxygen atoms in total. The van der Waals surface area contributed by atoms with E-state index in [0.29, 0.717) is 61.2 Å². The Hall–Kier alpha value is -4.87. The summed E-state index contributed by atoms with van der Waals surface area (Å²) in [5.41, 5.74) is -1.24. The van der Waals surface area contributed by atoms with E-state index in [0.717, 1.165) is 19.4 Å². The van der Waals surface area contributed by atoms with Crippen molar-refractivity contribution in [2.75, 3.05) is 51.6 Å². The molecule has 3 saturated heterocycles. The van der Waals surface area contributed by atoms with Crippen molar-refractivity contribution in [1.29, 1.82) is 0 Å². The molecule has 14 heteroatoms. The minimum atomic E-state index is -0.961. The number of methoxy groups -OCH3 is 1. The van der Waals surface area contributed by atoms with Gasteiger partial charge in [0.25, 0.3) is 0 Å². The molecule has 0 saturated carbocycles. The van der Waals surface area contributed by atoms with Crippen molar-refractivity contribution in [3.05, 3.63) is 47.7 Å². The Morgan fingerprint density at radius 3 is 2.74 bits per heavy atom. The maximum atomic E-state index is 17.2. The SMILES string of the molecule is C#Cc1c(F)ccc2cc(OCOC)cc(-c3ncc4c(N5CCC[C@H](NC(=O)OC(C)(C)C)C5)nc(OC[C@@]56CCCN5C[C@H](F)C6)nc4c3F)c12. The van der Waals surface area contributed by atoms with Crippen LogP contribution in [0.15, 0.2) is 30.5 Å². The van der Waals surface area contributed by atoms with E-state index < -0.39 is 35.0 Å². The lowest BCUT2D eigenvalue weighted by molar-refractivity contribution is 0.0498. The van der Waals surface area contributed by atoms with Crippen molar-refractivity contribution in [2.24, 2.45) is 0 Å². The van der Waals surface area contributed by atoms with Gasteiger partial charge < -0.3 is 29.2 Å². The first kappa shape index (κ1) is 36.5. The van der Waals surface area contributed by atoms with E-state index in [1.54, 1.807) is 26.8 Å². The number of terminal acetylenes is 1. The molecule has 2 aromatic heterocycles. The Bertz CT molecular complexity index is 2090. The second-order valence-electron chi connectivity index (χ2n) is 15.0. The molecule has 7 rings (SSSR count). The van der Waals surface area contributed by atoms with Gasteiger partial charge in [-0.25, -0.2) is 18.0 Å². The average Bonchev–Trinajstić information content (AvgIpc) is 3.64. The average molecular weight is 733 g/mol. The predicted octanol–water partition coefficient (Wildman–Crippen LogP) is 6.54. The van der Waals surface area contributed by atoms with Crippen LogP contribution in [-0.2, 0) is 9.47 Å². The Morgan fingerprint density at radius 1 is 1.13 bits per heavy atom. The van der Waals surface area contributed by atoms with Crippen molar-refractivity contribution in [2.45, 2.75) is 76.2 Å². The Balaban J connectivity index is 1.33. The fourth-order valence-corrected chi connectivity index (χ4v) is 7.88. The fraction of sp³-hybridized carbons (Fsp3) is 0.487. The molecule has 2 aromatic carbocycles. The molecule has 0 aliphatic carbocycles. The fourth-order valence-electron chi connectivity index (χ4n) is 7.88. The first-order valence-electron chi connectivity index (χ1n) is 17.9. The lowest BCUT2D eigenvalue weighted by Crippen LogP contribution is -2.49. The molecular weight excluding hydrogens is 689 g/mol. The van der Waals surface area contributed by atoms with Gasteiger partial charge in [0.1, 0.15) is 47.0 Å². The number of nitrogens with zero attached hydrogens (tertiary/aromatic N) is 5. The number of carbonyl (C=O) groups excluding carboxylic acids is 1. The summed E-state index contributed by atoms with van der Waals surface area (Å²) in [5.74, 6) is 1.66. The summed E-state index contributed by atoms with van der Waals surface area (Å²) in [4.78, 5) is 30.7. The number of alkyl halides is 1. The summed E-state index contributed by atoms with van der Waals surface area (Å²) in [5, 5.41) is 4.05. The number of carbonyl (C=O) groups is 1. The zero-order valence-corrected chi connectivity index (χ0v) is 30.3. The molecule has 5 heterocycles. The largest absolute Gasteiger partial charge is 0.468 e. The lowest BCUT2D eigenvalue weighted by Gasteiger charge is -2.35. The van der Waals surface area contributed by atoms with Gasteiger partial charge in [0, 0.05) is 56.4 Å². The molecule has 0 unspecified atom stereocenters. The maximum Gasteiger partial charge on any atom is 0.407 e. The molecular formula is C39H43F3N6O5. The quantitative estimate of drug-likeness (QED) is 0.151. The van der Waals surface area contributed by atoms with E-state index in [1.807, 2.05) is 4.90 Å². The molecule has 0 spiro atoms. The number of anilines is 1. The third kappa shape index (κ3) is 7.37.